The van der Waals surface area contributed by atoms with Gasteiger partial charge in [0.1, 0.15) is 12.3 Å². The van der Waals surface area contributed by atoms with Gasteiger partial charge in [-0.1, -0.05) is 30.3 Å². The van der Waals surface area contributed by atoms with Crippen molar-refractivity contribution in [1.82, 2.24) is 0 Å². The van der Waals surface area contributed by atoms with Crippen LogP contribution in [-0.2, 0) is 6.54 Å². The van der Waals surface area contributed by atoms with Gasteiger partial charge in [0.25, 0.3) is 0 Å². The Kier molecular flexibility index (Phi) is 6.31. The molecule has 110 valence electrons. The molecule has 0 aliphatic rings. The molecule has 0 spiro atoms. The third kappa shape index (κ3) is 3.65. The highest BCUT2D eigenvalue weighted by Crippen LogP contribution is 2.24. The molecule has 0 saturated heterocycles. The van der Waals surface area contributed by atoms with Crippen molar-refractivity contribution in [3.05, 3.63) is 48.2 Å². The summed E-state index contributed by atoms with van der Waals surface area (Å²) in [6.07, 6.45) is 0. The van der Waals surface area contributed by atoms with E-state index in [1.165, 1.54) is 0 Å². The van der Waals surface area contributed by atoms with Gasteiger partial charge >= 0.3 is 0 Å². The number of halogens is 1. The van der Waals surface area contributed by atoms with Crippen molar-refractivity contribution in [3.8, 4) is 11.3 Å². The average molecular weight is 294 g/mol. The second-order valence-corrected chi connectivity index (χ2v) is 5.08. The zero-order valence-electron chi connectivity index (χ0n) is 12.6. The molecule has 0 N–H and O–H groups in total. The van der Waals surface area contributed by atoms with Crippen LogP contribution in [0.3, 0.4) is 0 Å². The third-order valence-corrected chi connectivity index (χ3v) is 4.22. The molecule has 0 aliphatic heterocycles. The van der Waals surface area contributed by atoms with Crippen LogP contribution in [0.2, 0.25) is 0 Å². The topological polar surface area (TPSA) is 13.1 Å². The summed E-state index contributed by atoms with van der Waals surface area (Å²) in [4.78, 5) is 0. The zero-order valence-corrected chi connectivity index (χ0v) is 13.4. The number of hydrogen-bond donors (Lipinski definition) is 0. The molecule has 0 atom stereocenters. The van der Waals surface area contributed by atoms with Crippen molar-refractivity contribution in [2.45, 2.75) is 27.3 Å². The third-order valence-electron chi connectivity index (χ3n) is 4.22. The summed E-state index contributed by atoms with van der Waals surface area (Å²) >= 11 is 0. The molecule has 0 radical (unpaired) electrons. The Morgan fingerprint density at radius 3 is 2.00 bits per heavy atom. The summed E-state index contributed by atoms with van der Waals surface area (Å²) in [5, 5.41) is 0. The highest BCUT2D eigenvalue weighted by Gasteiger charge is 2.23. The summed E-state index contributed by atoms with van der Waals surface area (Å²) in [6.45, 7) is 11.2. The van der Waals surface area contributed by atoms with E-state index in [-0.39, 0.29) is 12.4 Å². The molecule has 3 heteroatoms. The van der Waals surface area contributed by atoms with E-state index in [1.54, 1.807) is 0 Å². The van der Waals surface area contributed by atoms with E-state index in [0.29, 0.717) is 0 Å². The van der Waals surface area contributed by atoms with Gasteiger partial charge in [-0.3, -0.25) is 0 Å². The number of benzene rings is 1. The fraction of sp³-hybridized carbons (Fsp3) is 0.412. The Morgan fingerprint density at radius 2 is 1.45 bits per heavy atom. The molecular formula is C17H24ClNO. The van der Waals surface area contributed by atoms with Gasteiger partial charge in [0.05, 0.1) is 19.6 Å². The van der Waals surface area contributed by atoms with Gasteiger partial charge in [0, 0.05) is 5.56 Å². The zero-order chi connectivity index (χ0) is 13.7. The summed E-state index contributed by atoms with van der Waals surface area (Å²) in [6, 6.07) is 14.5. The van der Waals surface area contributed by atoms with Crippen LogP contribution in [-0.4, -0.2) is 24.1 Å². The number of furan rings is 1. The van der Waals surface area contributed by atoms with Crippen molar-refractivity contribution in [3.63, 3.8) is 0 Å². The Balaban J connectivity index is 0.00000200. The largest absolute Gasteiger partial charge is 1.00 e. The first kappa shape index (κ1) is 16.8. The van der Waals surface area contributed by atoms with Crippen LogP contribution >= 0.6 is 0 Å². The molecule has 0 aliphatic carbocycles. The van der Waals surface area contributed by atoms with E-state index >= 15 is 0 Å². The van der Waals surface area contributed by atoms with Gasteiger partial charge in [-0.15, -0.1) is 0 Å². The van der Waals surface area contributed by atoms with Crippen LogP contribution in [0.15, 0.2) is 46.9 Å². The molecule has 1 heterocycles. The molecule has 2 aromatic rings. The fourth-order valence-electron chi connectivity index (χ4n) is 2.56. The number of quaternary nitrogens is 1. The van der Waals surface area contributed by atoms with Crippen molar-refractivity contribution in [2.24, 2.45) is 0 Å². The quantitative estimate of drug-likeness (QED) is 0.733. The highest BCUT2D eigenvalue weighted by molar-refractivity contribution is 5.57. The van der Waals surface area contributed by atoms with Crippen LogP contribution in [0.5, 0.6) is 0 Å². The average Bonchev–Trinajstić information content (AvgIpc) is 2.94. The van der Waals surface area contributed by atoms with E-state index in [2.05, 4.69) is 45.0 Å². The summed E-state index contributed by atoms with van der Waals surface area (Å²) in [5.74, 6) is 2.06. The smallest absolute Gasteiger partial charge is 0.159 e. The monoisotopic (exact) mass is 293 g/mol. The van der Waals surface area contributed by atoms with Crippen LogP contribution < -0.4 is 12.4 Å². The van der Waals surface area contributed by atoms with E-state index in [9.17, 15) is 0 Å². The van der Waals surface area contributed by atoms with Gasteiger partial charge in [-0.25, -0.2) is 0 Å². The molecule has 2 nitrogen and oxygen atoms in total. The van der Waals surface area contributed by atoms with E-state index in [0.717, 1.165) is 47.7 Å². The molecule has 0 saturated carbocycles. The van der Waals surface area contributed by atoms with Crippen LogP contribution in [0.4, 0.5) is 0 Å². The van der Waals surface area contributed by atoms with Crippen molar-refractivity contribution >= 4 is 0 Å². The maximum atomic E-state index is 6.02. The standard InChI is InChI=1S/C17H24NO.ClH/c1-4-18(5-2,6-3)14-16-12-13-17(19-16)15-10-8-7-9-11-15;/h7-13H,4-6,14H2,1-3H3;1H/q+1;/p-1. The molecule has 0 unspecified atom stereocenters. The van der Waals surface area contributed by atoms with Crippen LogP contribution in [0.1, 0.15) is 26.5 Å². The van der Waals surface area contributed by atoms with Crippen molar-refractivity contribution in [1.29, 1.82) is 0 Å². The van der Waals surface area contributed by atoms with E-state index < -0.39 is 0 Å². The molecule has 1 aromatic carbocycles. The normalized spacial score (nSPS) is 11.2. The molecule has 20 heavy (non-hydrogen) atoms. The van der Waals surface area contributed by atoms with Gasteiger partial charge in [0.2, 0.25) is 0 Å². The first-order chi connectivity index (χ1) is 9.23. The lowest BCUT2D eigenvalue weighted by Crippen LogP contribution is -3.00. The maximum absolute atomic E-state index is 6.02. The van der Waals surface area contributed by atoms with Crippen LogP contribution in [0.25, 0.3) is 11.3 Å². The van der Waals surface area contributed by atoms with Crippen molar-refractivity contribution in [2.75, 3.05) is 19.6 Å². The summed E-state index contributed by atoms with van der Waals surface area (Å²) in [5.41, 5.74) is 1.15. The van der Waals surface area contributed by atoms with Crippen LogP contribution in [0, 0.1) is 0 Å². The lowest BCUT2D eigenvalue weighted by atomic mass is 10.2. The molecule has 1 aromatic heterocycles. The molecule has 0 bridgehead atoms. The summed E-state index contributed by atoms with van der Waals surface area (Å²) in [7, 11) is 0. The van der Waals surface area contributed by atoms with Gasteiger partial charge in [-0.2, -0.15) is 0 Å². The predicted octanol–water partition coefficient (Wildman–Crippen LogP) is 1.33. The Morgan fingerprint density at radius 1 is 0.850 bits per heavy atom. The number of rotatable bonds is 6. The van der Waals surface area contributed by atoms with E-state index in [1.807, 2.05) is 18.2 Å². The lowest BCUT2D eigenvalue weighted by Gasteiger charge is -2.34. The minimum Gasteiger partial charge on any atom is -1.00 e. The SMILES string of the molecule is CC[N+](CC)(CC)Cc1ccc(-c2ccccc2)o1.[Cl-]. The maximum Gasteiger partial charge on any atom is 0.159 e. The second kappa shape index (κ2) is 7.51. The summed E-state index contributed by atoms with van der Waals surface area (Å²) < 4.78 is 7.10. The van der Waals surface area contributed by atoms with Crippen molar-refractivity contribution < 1.29 is 21.3 Å². The Hall–Kier alpha value is -1.25. The first-order valence-electron chi connectivity index (χ1n) is 7.22. The Labute approximate surface area is 128 Å². The van der Waals surface area contributed by atoms with E-state index in [4.69, 9.17) is 4.42 Å². The first-order valence-corrected chi connectivity index (χ1v) is 7.22. The fourth-order valence-corrected chi connectivity index (χ4v) is 2.56. The van der Waals surface area contributed by atoms with Gasteiger partial charge in [-0.05, 0) is 32.9 Å². The Bertz CT molecular complexity index is 494. The highest BCUT2D eigenvalue weighted by atomic mass is 35.5. The lowest BCUT2D eigenvalue weighted by molar-refractivity contribution is -0.936. The minimum absolute atomic E-state index is 0. The second-order valence-electron chi connectivity index (χ2n) is 5.08. The number of nitrogens with zero attached hydrogens (tertiary/aromatic N) is 1. The predicted molar refractivity (Wildman–Crippen MR) is 79.7 cm³/mol. The van der Waals surface area contributed by atoms with Gasteiger partial charge in [0.15, 0.2) is 5.76 Å². The molecule has 0 fully saturated rings. The molecule has 0 amide bonds. The minimum atomic E-state index is 0. The van der Waals surface area contributed by atoms with Gasteiger partial charge < -0.3 is 21.3 Å². The molecule has 2 rings (SSSR count). The molecular weight excluding hydrogens is 270 g/mol. The number of hydrogen-bond acceptors (Lipinski definition) is 1.